The van der Waals surface area contributed by atoms with Gasteiger partial charge in [-0.3, -0.25) is 9.59 Å². The van der Waals surface area contributed by atoms with Crippen molar-refractivity contribution < 1.29 is 23.1 Å². The second-order valence-corrected chi connectivity index (χ2v) is 10.2. The average Bonchev–Trinajstić information content (AvgIpc) is 3.61. The lowest BCUT2D eigenvalue weighted by Gasteiger charge is -2.32. The Morgan fingerprint density at radius 1 is 1.14 bits per heavy atom. The lowest BCUT2D eigenvalue weighted by molar-refractivity contribution is -0.120. The summed E-state index contributed by atoms with van der Waals surface area (Å²) < 4.78 is 36.0. The van der Waals surface area contributed by atoms with E-state index >= 15 is 4.39 Å². The van der Waals surface area contributed by atoms with E-state index in [9.17, 15) is 14.0 Å². The number of benzene rings is 1. The predicted octanol–water partition coefficient (Wildman–Crippen LogP) is 4.29. The fraction of sp³-hybridized carbons (Fsp3) is 0.481. The molecule has 37 heavy (non-hydrogen) atoms. The van der Waals surface area contributed by atoms with Gasteiger partial charge in [-0.2, -0.15) is 0 Å². The molecule has 0 aliphatic heterocycles. The number of halogens is 2. The highest BCUT2D eigenvalue weighted by Crippen LogP contribution is 2.39. The Morgan fingerprint density at radius 2 is 1.92 bits per heavy atom. The number of nitrogens with zero attached hydrogens (tertiary/aromatic N) is 2. The number of hydrogen-bond acceptors (Lipinski definition) is 5. The topological polar surface area (TPSA) is 109 Å². The quantitative estimate of drug-likeness (QED) is 0.438. The molecule has 2 fully saturated rings. The van der Waals surface area contributed by atoms with Crippen LogP contribution in [0, 0.1) is 25.6 Å². The number of H-pyrrole nitrogens is 1. The van der Waals surface area contributed by atoms with Crippen molar-refractivity contribution in [3.05, 3.63) is 41.1 Å². The van der Waals surface area contributed by atoms with Gasteiger partial charge in [0, 0.05) is 25.1 Å². The maximum Gasteiger partial charge on any atom is 0.255 e. The lowest BCUT2D eigenvalue weighted by Crippen LogP contribution is -2.49. The van der Waals surface area contributed by atoms with Crippen molar-refractivity contribution in [3.63, 3.8) is 0 Å². The second-order valence-electron chi connectivity index (χ2n) is 10.2. The molecule has 10 heteroatoms. The molecule has 5 rings (SSSR count). The molecular weight excluding hydrogens is 480 g/mol. The van der Waals surface area contributed by atoms with E-state index in [1.165, 1.54) is 13.3 Å². The first-order valence-electron chi connectivity index (χ1n) is 12.7. The number of alkyl halides is 1. The predicted molar refractivity (Wildman–Crippen MR) is 135 cm³/mol. The monoisotopic (exact) mass is 511 g/mol. The number of amides is 2. The van der Waals surface area contributed by atoms with E-state index in [0.29, 0.717) is 64.7 Å². The Balaban J connectivity index is 1.44. The fourth-order valence-corrected chi connectivity index (χ4v) is 5.01. The molecule has 0 saturated heterocycles. The van der Waals surface area contributed by atoms with Crippen molar-refractivity contribution in [2.45, 2.75) is 71.1 Å². The number of hydrogen-bond donors (Lipinski definition) is 3. The Morgan fingerprint density at radius 3 is 2.62 bits per heavy atom. The molecule has 2 aromatic heterocycles. The van der Waals surface area contributed by atoms with E-state index in [1.54, 1.807) is 26.0 Å². The molecular formula is C27H31F2N5O3. The molecule has 2 aliphatic carbocycles. The van der Waals surface area contributed by atoms with Gasteiger partial charge in [0.2, 0.25) is 5.91 Å². The van der Waals surface area contributed by atoms with Gasteiger partial charge in [0.15, 0.2) is 0 Å². The van der Waals surface area contributed by atoms with Gasteiger partial charge in [-0.05, 0) is 57.1 Å². The summed E-state index contributed by atoms with van der Waals surface area (Å²) >= 11 is 0. The number of aromatic nitrogens is 3. The lowest BCUT2D eigenvalue weighted by atomic mass is 9.89. The standard InChI is InChI=1S/C27H31F2N5O3/c1-13-4-9-20(37-11-16-5-6-16)22(23(13)29)25-26-24(30-12-31-25)21(14(2)32-26)27(36)34-17-7-8-19(18(28)10-17)33-15(3)35/h4,9,12,16-19,32H,5-8,10-11H2,1-3H3,(H,33,35)(H,34,36)/t17-,18-,19-/m1/s1. The molecule has 3 atom stereocenters. The first-order valence-corrected chi connectivity index (χ1v) is 12.7. The van der Waals surface area contributed by atoms with E-state index < -0.39 is 23.9 Å². The number of aromatic amines is 1. The SMILES string of the molecule is CC(=O)N[C@@H]1CC[C@@H](NC(=O)c2c(C)[nH]c3c(-c4c(OCC5CC5)ccc(C)c4F)ncnc23)C[C@H]1F. The third-order valence-electron chi connectivity index (χ3n) is 7.20. The van der Waals surface area contributed by atoms with Crippen LogP contribution in [-0.2, 0) is 4.79 Å². The molecule has 8 nitrogen and oxygen atoms in total. The first kappa shape index (κ1) is 25.1. The zero-order chi connectivity index (χ0) is 26.3. The number of carbonyl (C=O) groups is 2. The summed E-state index contributed by atoms with van der Waals surface area (Å²) in [5.41, 5.74) is 2.66. The Bertz CT molecular complexity index is 1350. The van der Waals surface area contributed by atoms with Crippen molar-refractivity contribution in [2.75, 3.05) is 6.61 Å². The van der Waals surface area contributed by atoms with E-state index in [-0.39, 0.29) is 23.9 Å². The smallest absolute Gasteiger partial charge is 0.255 e. The molecule has 0 radical (unpaired) electrons. The van der Waals surface area contributed by atoms with Crippen LogP contribution in [0.4, 0.5) is 8.78 Å². The highest BCUT2D eigenvalue weighted by atomic mass is 19.1. The van der Waals surface area contributed by atoms with Crippen molar-refractivity contribution in [2.24, 2.45) is 5.92 Å². The Labute approximate surface area is 213 Å². The van der Waals surface area contributed by atoms with Crippen LogP contribution in [0.5, 0.6) is 5.75 Å². The zero-order valence-corrected chi connectivity index (χ0v) is 21.2. The number of fused-ring (bicyclic) bond motifs is 1. The Hall–Kier alpha value is -3.56. The third kappa shape index (κ3) is 5.14. The van der Waals surface area contributed by atoms with Gasteiger partial charge in [-0.1, -0.05) is 6.07 Å². The minimum absolute atomic E-state index is 0.106. The van der Waals surface area contributed by atoms with Crippen molar-refractivity contribution in [1.82, 2.24) is 25.6 Å². The van der Waals surface area contributed by atoms with Gasteiger partial charge in [0.25, 0.3) is 5.91 Å². The molecule has 1 aromatic carbocycles. The molecule has 3 aromatic rings. The van der Waals surface area contributed by atoms with Crippen molar-refractivity contribution >= 4 is 22.8 Å². The van der Waals surface area contributed by atoms with E-state index in [2.05, 4.69) is 25.6 Å². The van der Waals surface area contributed by atoms with Crippen LogP contribution in [0.1, 0.15) is 60.6 Å². The van der Waals surface area contributed by atoms with Crippen LogP contribution in [0.25, 0.3) is 22.3 Å². The number of aryl methyl sites for hydroxylation is 2. The van der Waals surface area contributed by atoms with Crippen molar-refractivity contribution in [1.29, 1.82) is 0 Å². The highest BCUT2D eigenvalue weighted by Gasteiger charge is 2.33. The van der Waals surface area contributed by atoms with Gasteiger partial charge in [0.05, 0.1) is 29.3 Å². The molecule has 196 valence electrons. The van der Waals surface area contributed by atoms with E-state index in [4.69, 9.17) is 4.74 Å². The minimum Gasteiger partial charge on any atom is -0.492 e. The van der Waals surface area contributed by atoms with Crippen LogP contribution >= 0.6 is 0 Å². The van der Waals surface area contributed by atoms with Gasteiger partial charge < -0.3 is 20.4 Å². The van der Waals surface area contributed by atoms with Gasteiger partial charge in [-0.25, -0.2) is 18.7 Å². The minimum atomic E-state index is -1.25. The number of carbonyl (C=O) groups excluding carboxylic acids is 2. The largest absolute Gasteiger partial charge is 0.492 e. The summed E-state index contributed by atoms with van der Waals surface area (Å²) in [6.07, 6.45) is 3.34. The van der Waals surface area contributed by atoms with Gasteiger partial charge in [0.1, 0.15) is 35.3 Å². The molecule has 2 saturated carbocycles. The van der Waals surface area contributed by atoms with Crippen LogP contribution in [0.3, 0.4) is 0 Å². The molecule has 2 aliphatic rings. The molecule has 2 amide bonds. The van der Waals surface area contributed by atoms with Crippen LogP contribution in [0.15, 0.2) is 18.5 Å². The Kier molecular flexibility index (Phi) is 6.83. The van der Waals surface area contributed by atoms with E-state index in [1.807, 2.05) is 0 Å². The molecule has 0 spiro atoms. The maximum atomic E-state index is 15.4. The van der Waals surface area contributed by atoms with Crippen LogP contribution in [-0.4, -0.2) is 51.6 Å². The van der Waals surface area contributed by atoms with E-state index in [0.717, 1.165) is 12.8 Å². The third-order valence-corrected chi connectivity index (χ3v) is 7.20. The fourth-order valence-electron chi connectivity index (χ4n) is 5.01. The van der Waals surface area contributed by atoms with Crippen LogP contribution in [0.2, 0.25) is 0 Å². The summed E-state index contributed by atoms with van der Waals surface area (Å²) in [5, 5.41) is 5.55. The normalized spacial score (nSPS) is 21.6. The summed E-state index contributed by atoms with van der Waals surface area (Å²) in [5.74, 6) is -0.206. The maximum absolute atomic E-state index is 15.4. The molecule has 0 bridgehead atoms. The van der Waals surface area contributed by atoms with Gasteiger partial charge in [-0.15, -0.1) is 0 Å². The van der Waals surface area contributed by atoms with Gasteiger partial charge >= 0.3 is 0 Å². The number of rotatable bonds is 7. The molecule has 2 heterocycles. The van der Waals surface area contributed by atoms with Crippen LogP contribution < -0.4 is 15.4 Å². The highest BCUT2D eigenvalue weighted by molar-refractivity contribution is 6.09. The number of ether oxygens (including phenoxy) is 1. The summed E-state index contributed by atoms with van der Waals surface area (Å²) in [6, 6.07) is 2.50. The van der Waals surface area contributed by atoms with Crippen molar-refractivity contribution in [3.8, 4) is 17.0 Å². The average molecular weight is 512 g/mol. The zero-order valence-electron chi connectivity index (χ0n) is 21.2. The summed E-state index contributed by atoms with van der Waals surface area (Å²) in [7, 11) is 0. The summed E-state index contributed by atoms with van der Waals surface area (Å²) in [4.78, 5) is 36.5. The first-order chi connectivity index (χ1) is 17.7. The molecule has 0 unspecified atom stereocenters. The summed E-state index contributed by atoms with van der Waals surface area (Å²) in [6.45, 7) is 5.30. The second kappa shape index (κ2) is 10.1. The molecule has 3 N–H and O–H groups in total. The number of nitrogens with one attached hydrogen (secondary N) is 3.